The van der Waals surface area contributed by atoms with Gasteiger partial charge in [0.1, 0.15) is 12.4 Å². The number of carbonyl (C=O) groups is 1. The minimum atomic E-state index is -0.451. The standard InChI is InChI=1S/C19H22N2O3/c22-18-12-6-11-17(18)21-19(23)20-16-10-5-4-7-14(16)13-24-15-8-2-1-3-9-15/h1-5,7-10,17-18,22H,6,11-13H2,(H2,20,21,23)/t17-,18+/m1/s1. The Balaban J connectivity index is 1.60. The molecule has 0 spiro atoms. The molecule has 24 heavy (non-hydrogen) atoms. The van der Waals surface area contributed by atoms with Gasteiger partial charge in [0.25, 0.3) is 0 Å². The number of para-hydroxylation sites is 2. The predicted molar refractivity (Wildman–Crippen MR) is 93.0 cm³/mol. The van der Waals surface area contributed by atoms with E-state index in [-0.39, 0.29) is 12.1 Å². The van der Waals surface area contributed by atoms with Crippen LogP contribution in [0.2, 0.25) is 0 Å². The van der Waals surface area contributed by atoms with Crippen LogP contribution in [0, 0.1) is 0 Å². The maximum atomic E-state index is 12.2. The molecule has 1 aliphatic rings. The van der Waals surface area contributed by atoms with Gasteiger partial charge in [-0.3, -0.25) is 0 Å². The van der Waals surface area contributed by atoms with Gasteiger partial charge in [0.15, 0.2) is 0 Å². The fourth-order valence-corrected chi connectivity index (χ4v) is 2.88. The van der Waals surface area contributed by atoms with Gasteiger partial charge in [-0.15, -0.1) is 0 Å². The molecule has 3 rings (SSSR count). The number of hydrogen-bond donors (Lipinski definition) is 3. The molecule has 1 fully saturated rings. The van der Waals surface area contributed by atoms with E-state index in [2.05, 4.69) is 10.6 Å². The Hall–Kier alpha value is -2.53. The molecule has 2 aromatic rings. The molecule has 0 bridgehead atoms. The van der Waals surface area contributed by atoms with E-state index >= 15 is 0 Å². The third kappa shape index (κ3) is 4.26. The highest BCUT2D eigenvalue weighted by molar-refractivity contribution is 5.90. The van der Waals surface area contributed by atoms with E-state index < -0.39 is 6.10 Å². The molecule has 1 aliphatic carbocycles. The van der Waals surface area contributed by atoms with Crippen LogP contribution in [-0.2, 0) is 6.61 Å². The Morgan fingerprint density at radius 3 is 2.58 bits per heavy atom. The number of amides is 2. The topological polar surface area (TPSA) is 70.6 Å². The van der Waals surface area contributed by atoms with Crippen molar-refractivity contribution < 1.29 is 14.6 Å². The lowest BCUT2D eigenvalue weighted by atomic mass is 10.2. The quantitative estimate of drug-likeness (QED) is 0.789. The maximum absolute atomic E-state index is 12.2. The average Bonchev–Trinajstić information content (AvgIpc) is 3.00. The van der Waals surface area contributed by atoms with Crippen molar-refractivity contribution in [3.63, 3.8) is 0 Å². The normalized spacial score (nSPS) is 19.7. The van der Waals surface area contributed by atoms with E-state index in [1.807, 2.05) is 54.6 Å². The summed E-state index contributed by atoms with van der Waals surface area (Å²) in [5.74, 6) is 0.783. The minimum Gasteiger partial charge on any atom is -0.489 e. The lowest BCUT2D eigenvalue weighted by Gasteiger charge is -2.18. The predicted octanol–water partition coefficient (Wildman–Crippen LogP) is 3.30. The number of urea groups is 1. The van der Waals surface area contributed by atoms with Crippen LogP contribution in [0.3, 0.4) is 0 Å². The third-order valence-electron chi connectivity index (χ3n) is 4.20. The van der Waals surface area contributed by atoms with Gasteiger partial charge in [-0.25, -0.2) is 4.79 Å². The van der Waals surface area contributed by atoms with Crippen LogP contribution in [0.25, 0.3) is 0 Å². The van der Waals surface area contributed by atoms with E-state index in [9.17, 15) is 9.90 Å². The smallest absolute Gasteiger partial charge is 0.319 e. The molecule has 1 saturated carbocycles. The van der Waals surface area contributed by atoms with E-state index in [1.165, 1.54) is 0 Å². The Morgan fingerprint density at radius 1 is 1.08 bits per heavy atom. The molecule has 3 N–H and O–H groups in total. The number of nitrogens with one attached hydrogen (secondary N) is 2. The van der Waals surface area contributed by atoms with Crippen molar-refractivity contribution in [2.45, 2.75) is 38.0 Å². The first-order chi connectivity index (χ1) is 11.7. The van der Waals surface area contributed by atoms with Gasteiger partial charge in [0, 0.05) is 11.3 Å². The summed E-state index contributed by atoms with van der Waals surface area (Å²) in [6.07, 6.45) is 2.04. The number of aliphatic hydroxyl groups excluding tert-OH is 1. The van der Waals surface area contributed by atoms with Crippen LogP contribution < -0.4 is 15.4 Å². The molecule has 5 nitrogen and oxygen atoms in total. The number of hydrogen-bond acceptors (Lipinski definition) is 3. The first-order valence-corrected chi connectivity index (χ1v) is 8.24. The van der Waals surface area contributed by atoms with Crippen molar-refractivity contribution in [1.29, 1.82) is 0 Å². The van der Waals surface area contributed by atoms with E-state index in [0.29, 0.717) is 12.3 Å². The van der Waals surface area contributed by atoms with Gasteiger partial charge >= 0.3 is 6.03 Å². The van der Waals surface area contributed by atoms with Gasteiger partial charge in [-0.1, -0.05) is 36.4 Å². The summed E-state index contributed by atoms with van der Waals surface area (Å²) in [6.45, 7) is 0.368. The summed E-state index contributed by atoms with van der Waals surface area (Å²) in [7, 11) is 0. The molecule has 0 unspecified atom stereocenters. The number of benzene rings is 2. The Labute approximate surface area is 141 Å². The summed E-state index contributed by atoms with van der Waals surface area (Å²) in [5.41, 5.74) is 1.60. The highest BCUT2D eigenvalue weighted by Crippen LogP contribution is 2.20. The summed E-state index contributed by atoms with van der Waals surface area (Å²) >= 11 is 0. The molecule has 0 heterocycles. The van der Waals surface area contributed by atoms with E-state index in [1.54, 1.807) is 0 Å². The van der Waals surface area contributed by atoms with Crippen molar-refractivity contribution in [2.75, 3.05) is 5.32 Å². The first-order valence-electron chi connectivity index (χ1n) is 8.24. The number of rotatable bonds is 5. The van der Waals surface area contributed by atoms with Gasteiger partial charge in [0.05, 0.1) is 12.1 Å². The average molecular weight is 326 g/mol. The van der Waals surface area contributed by atoms with Crippen LogP contribution in [0.1, 0.15) is 24.8 Å². The second-order valence-corrected chi connectivity index (χ2v) is 5.96. The second kappa shape index (κ2) is 7.84. The van der Waals surface area contributed by atoms with Gasteiger partial charge in [-0.05, 0) is 37.5 Å². The number of aliphatic hydroxyl groups is 1. The fraction of sp³-hybridized carbons (Fsp3) is 0.316. The van der Waals surface area contributed by atoms with Crippen LogP contribution in [0.4, 0.5) is 10.5 Å². The van der Waals surface area contributed by atoms with Crippen LogP contribution in [0.15, 0.2) is 54.6 Å². The molecule has 2 atom stereocenters. The summed E-state index contributed by atoms with van der Waals surface area (Å²) in [5, 5.41) is 15.5. The van der Waals surface area contributed by atoms with Crippen molar-refractivity contribution in [3.05, 3.63) is 60.2 Å². The second-order valence-electron chi connectivity index (χ2n) is 5.96. The molecule has 0 aliphatic heterocycles. The molecule has 0 saturated heterocycles. The Kier molecular flexibility index (Phi) is 5.33. The Morgan fingerprint density at radius 2 is 1.83 bits per heavy atom. The largest absolute Gasteiger partial charge is 0.489 e. The zero-order chi connectivity index (χ0) is 16.8. The molecule has 126 valence electrons. The first kappa shape index (κ1) is 16.3. The number of anilines is 1. The Bertz CT molecular complexity index is 675. The zero-order valence-electron chi connectivity index (χ0n) is 13.4. The lowest BCUT2D eigenvalue weighted by Crippen LogP contribution is -2.42. The molecular weight excluding hydrogens is 304 g/mol. The molecule has 2 amide bonds. The van der Waals surface area contributed by atoms with E-state index in [0.717, 1.165) is 30.6 Å². The summed E-state index contributed by atoms with van der Waals surface area (Å²) in [4.78, 5) is 12.2. The summed E-state index contributed by atoms with van der Waals surface area (Å²) < 4.78 is 5.75. The highest BCUT2D eigenvalue weighted by atomic mass is 16.5. The van der Waals surface area contributed by atoms with Crippen LogP contribution >= 0.6 is 0 Å². The number of carbonyl (C=O) groups excluding carboxylic acids is 1. The molecule has 0 radical (unpaired) electrons. The summed E-state index contributed by atoms with van der Waals surface area (Å²) in [6, 6.07) is 16.6. The molecular formula is C19H22N2O3. The monoisotopic (exact) mass is 326 g/mol. The van der Waals surface area contributed by atoms with Gasteiger partial charge in [0.2, 0.25) is 0 Å². The molecule has 5 heteroatoms. The van der Waals surface area contributed by atoms with Crippen molar-refractivity contribution in [2.24, 2.45) is 0 Å². The zero-order valence-corrected chi connectivity index (χ0v) is 13.4. The number of ether oxygens (including phenoxy) is 1. The fourth-order valence-electron chi connectivity index (χ4n) is 2.88. The van der Waals surface area contributed by atoms with Crippen molar-refractivity contribution >= 4 is 11.7 Å². The van der Waals surface area contributed by atoms with E-state index in [4.69, 9.17) is 4.74 Å². The van der Waals surface area contributed by atoms with Gasteiger partial charge < -0.3 is 20.5 Å². The molecule has 0 aromatic heterocycles. The van der Waals surface area contributed by atoms with Crippen LogP contribution in [-0.4, -0.2) is 23.3 Å². The SMILES string of the molecule is O=C(Nc1ccccc1COc1ccccc1)N[C@@H]1CCC[C@@H]1O. The third-order valence-corrected chi connectivity index (χ3v) is 4.20. The van der Waals surface area contributed by atoms with Gasteiger partial charge in [-0.2, -0.15) is 0 Å². The highest BCUT2D eigenvalue weighted by Gasteiger charge is 2.26. The van der Waals surface area contributed by atoms with Crippen molar-refractivity contribution in [3.8, 4) is 5.75 Å². The van der Waals surface area contributed by atoms with Crippen LogP contribution in [0.5, 0.6) is 5.75 Å². The molecule has 2 aromatic carbocycles. The van der Waals surface area contributed by atoms with Crippen molar-refractivity contribution in [1.82, 2.24) is 5.32 Å². The lowest BCUT2D eigenvalue weighted by molar-refractivity contribution is 0.151. The minimum absolute atomic E-state index is 0.169. The maximum Gasteiger partial charge on any atom is 0.319 e.